The fourth-order valence-electron chi connectivity index (χ4n) is 3.20. The third-order valence-corrected chi connectivity index (χ3v) is 7.33. The van der Waals surface area contributed by atoms with Gasteiger partial charge in [0.05, 0.1) is 26.7 Å². The van der Waals surface area contributed by atoms with Crippen LogP contribution in [0.15, 0.2) is 58.3 Å². The number of hydrogen-bond acceptors (Lipinski definition) is 3. The molecular formula is C21H10BrCl2F6N3S. The molecule has 0 fully saturated rings. The minimum atomic E-state index is -4.61. The van der Waals surface area contributed by atoms with Crippen LogP contribution in [-0.4, -0.2) is 14.5 Å². The molecule has 3 heterocycles. The van der Waals surface area contributed by atoms with E-state index in [1.807, 2.05) is 0 Å². The fraction of sp³-hybridized carbons (Fsp3) is 0.143. The summed E-state index contributed by atoms with van der Waals surface area (Å²) >= 11 is 16.8. The summed E-state index contributed by atoms with van der Waals surface area (Å²) in [7, 11) is 0. The molecule has 0 unspecified atom stereocenters. The molecule has 0 spiro atoms. The predicted molar refractivity (Wildman–Crippen MR) is 123 cm³/mol. The minimum Gasteiger partial charge on any atom is -0.295 e. The summed E-state index contributed by atoms with van der Waals surface area (Å²) in [6.45, 7) is 0. The van der Waals surface area contributed by atoms with Crippen LogP contribution in [-0.2, 0) is 18.1 Å². The average Bonchev–Trinajstić information content (AvgIpc) is 3.03. The van der Waals surface area contributed by atoms with E-state index >= 15 is 0 Å². The number of aromatic nitrogens is 3. The van der Waals surface area contributed by atoms with Gasteiger partial charge in [-0.3, -0.25) is 4.57 Å². The molecule has 0 N–H and O–H groups in total. The van der Waals surface area contributed by atoms with Crippen LogP contribution in [0.1, 0.15) is 16.8 Å². The molecule has 178 valence electrons. The van der Waals surface area contributed by atoms with E-state index in [1.54, 1.807) is 28.8 Å². The van der Waals surface area contributed by atoms with Gasteiger partial charge in [0, 0.05) is 33.7 Å². The monoisotopic (exact) mass is 599 g/mol. The van der Waals surface area contributed by atoms with Crippen molar-refractivity contribution in [1.82, 2.24) is 14.5 Å². The Morgan fingerprint density at radius 2 is 1.47 bits per heavy atom. The van der Waals surface area contributed by atoms with E-state index in [9.17, 15) is 26.3 Å². The molecule has 0 atom stereocenters. The van der Waals surface area contributed by atoms with Crippen LogP contribution < -0.4 is 0 Å². The number of fused-ring (bicyclic) bond motifs is 1. The lowest BCUT2D eigenvalue weighted by Crippen LogP contribution is -2.09. The highest BCUT2D eigenvalue weighted by Gasteiger charge is 2.33. The van der Waals surface area contributed by atoms with Crippen molar-refractivity contribution in [1.29, 1.82) is 0 Å². The number of benzene rings is 1. The first-order chi connectivity index (χ1) is 15.9. The maximum atomic E-state index is 13.1. The van der Waals surface area contributed by atoms with E-state index in [0.717, 1.165) is 29.3 Å². The van der Waals surface area contributed by atoms with Gasteiger partial charge in [0.15, 0.2) is 5.82 Å². The van der Waals surface area contributed by atoms with Crippen molar-refractivity contribution in [3.63, 3.8) is 0 Å². The summed E-state index contributed by atoms with van der Waals surface area (Å²) in [5, 5.41) is 0.497. The molecule has 0 saturated carbocycles. The molecule has 0 aliphatic rings. The molecule has 4 aromatic rings. The Labute approximate surface area is 211 Å². The molecule has 34 heavy (non-hydrogen) atoms. The van der Waals surface area contributed by atoms with Gasteiger partial charge in [-0.05, 0) is 34.1 Å². The first kappa shape index (κ1) is 25.2. The van der Waals surface area contributed by atoms with Crippen LogP contribution in [0.25, 0.3) is 16.7 Å². The van der Waals surface area contributed by atoms with E-state index in [-0.39, 0.29) is 26.6 Å². The molecular weight excluding hydrogens is 591 g/mol. The number of rotatable bonds is 4. The van der Waals surface area contributed by atoms with Crippen LogP contribution in [0.3, 0.4) is 0 Å². The van der Waals surface area contributed by atoms with E-state index in [2.05, 4.69) is 25.9 Å². The van der Waals surface area contributed by atoms with E-state index in [4.69, 9.17) is 23.2 Å². The van der Waals surface area contributed by atoms with Crippen LogP contribution in [0.4, 0.5) is 26.3 Å². The summed E-state index contributed by atoms with van der Waals surface area (Å²) in [5.41, 5.74) is -0.796. The first-order valence-electron chi connectivity index (χ1n) is 9.24. The smallest absolute Gasteiger partial charge is 0.295 e. The Kier molecular flexibility index (Phi) is 6.84. The Balaban J connectivity index is 1.78. The molecule has 0 aliphatic carbocycles. The number of para-hydroxylation sites is 1. The van der Waals surface area contributed by atoms with Crippen LogP contribution in [0, 0.1) is 0 Å². The van der Waals surface area contributed by atoms with Crippen LogP contribution in [0.2, 0.25) is 10.0 Å². The Hall–Kier alpha value is -1.95. The minimum absolute atomic E-state index is 0.0682. The number of hydrogen-bond donors (Lipinski definition) is 0. The summed E-state index contributed by atoms with van der Waals surface area (Å²) in [5.74, 6) is 0.213. The largest absolute Gasteiger partial charge is 0.417 e. The molecule has 3 aromatic heterocycles. The lowest BCUT2D eigenvalue weighted by atomic mass is 10.2. The summed E-state index contributed by atoms with van der Waals surface area (Å²) in [4.78, 5) is 7.79. The Morgan fingerprint density at radius 1 is 0.882 bits per heavy atom. The molecule has 0 bridgehead atoms. The van der Waals surface area contributed by atoms with Gasteiger partial charge >= 0.3 is 12.4 Å². The predicted octanol–water partition coefficient (Wildman–Crippen LogP) is 8.82. The number of alkyl halides is 6. The van der Waals surface area contributed by atoms with Crippen molar-refractivity contribution in [2.75, 3.05) is 0 Å². The van der Waals surface area contributed by atoms with Crippen LogP contribution >= 0.6 is 50.9 Å². The zero-order valence-electron chi connectivity index (χ0n) is 16.5. The second-order valence-electron chi connectivity index (χ2n) is 6.94. The SMILES string of the molecule is FC(F)(F)c1cnc(SCc2c(Br)c3ccccc3n2-c2ncc(C(F)(F)F)cc2Cl)c(Cl)c1. The van der Waals surface area contributed by atoms with Gasteiger partial charge in [0.1, 0.15) is 5.03 Å². The maximum absolute atomic E-state index is 13.1. The molecule has 0 radical (unpaired) electrons. The van der Waals surface area contributed by atoms with Crippen molar-refractivity contribution in [3.05, 3.63) is 80.1 Å². The molecule has 0 saturated heterocycles. The van der Waals surface area contributed by atoms with Crippen molar-refractivity contribution in [3.8, 4) is 5.82 Å². The highest BCUT2D eigenvalue weighted by atomic mass is 79.9. The number of halogens is 9. The molecule has 0 aliphatic heterocycles. The maximum Gasteiger partial charge on any atom is 0.417 e. The Morgan fingerprint density at radius 3 is 2.06 bits per heavy atom. The standard InChI is InChI=1S/C21H10BrCl2F6N3S/c22-17-12-3-1-2-4-15(12)33(18-13(23)5-10(7-31-18)20(25,26)27)16(17)9-34-19-14(24)6-11(8-32-19)21(28,29)30/h1-8H,9H2. The van der Waals surface area contributed by atoms with Gasteiger partial charge in [-0.15, -0.1) is 0 Å². The molecule has 13 heteroatoms. The third kappa shape index (κ3) is 4.89. The lowest BCUT2D eigenvalue weighted by Gasteiger charge is -2.14. The molecule has 4 rings (SSSR count). The molecule has 1 aromatic carbocycles. The summed E-state index contributed by atoms with van der Waals surface area (Å²) in [6.07, 6.45) is -7.82. The molecule has 3 nitrogen and oxygen atoms in total. The number of pyridine rings is 2. The zero-order chi connectivity index (χ0) is 24.8. The van der Waals surface area contributed by atoms with E-state index < -0.39 is 23.5 Å². The van der Waals surface area contributed by atoms with Crippen molar-refractivity contribution in [2.45, 2.75) is 23.1 Å². The molecule has 0 amide bonds. The summed E-state index contributed by atoms with van der Waals surface area (Å²) in [6, 6.07) is 8.64. The summed E-state index contributed by atoms with van der Waals surface area (Å²) < 4.78 is 80.1. The highest BCUT2D eigenvalue weighted by Crippen LogP contribution is 2.40. The van der Waals surface area contributed by atoms with Gasteiger partial charge in [-0.2, -0.15) is 26.3 Å². The first-order valence-corrected chi connectivity index (χ1v) is 11.8. The topological polar surface area (TPSA) is 30.7 Å². The van der Waals surface area contributed by atoms with Gasteiger partial charge in [-0.25, -0.2) is 9.97 Å². The average molecular weight is 601 g/mol. The highest BCUT2D eigenvalue weighted by molar-refractivity contribution is 9.10. The van der Waals surface area contributed by atoms with Crippen molar-refractivity contribution >= 4 is 61.8 Å². The number of thioether (sulfide) groups is 1. The fourth-order valence-corrected chi connectivity index (χ4v) is 5.49. The van der Waals surface area contributed by atoms with Gasteiger partial charge in [-0.1, -0.05) is 53.2 Å². The quantitative estimate of drug-likeness (QED) is 0.173. The lowest BCUT2D eigenvalue weighted by molar-refractivity contribution is -0.138. The normalized spacial score (nSPS) is 12.5. The second kappa shape index (κ2) is 9.25. The second-order valence-corrected chi connectivity index (χ2v) is 9.51. The van der Waals surface area contributed by atoms with Gasteiger partial charge in [0.25, 0.3) is 0 Å². The van der Waals surface area contributed by atoms with Gasteiger partial charge in [0.2, 0.25) is 0 Å². The van der Waals surface area contributed by atoms with E-state index in [0.29, 0.717) is 28.1 Å². The van der Waals surface area contributed by atoms with E-state index in [1.165, 1.54) is 0 Å². The van der Waals surface area contributed by atoms with Crippen LogP contribution in [0.5, 0.6) is 0 Å². The third-order valence-electron chi connectivity index (χ3n) is 4.75. The van der Waals surface area contributed by atoms with Crippen molar-refractivity contribution in [2.24, 2.45) is 0 Å². The van der Waals surface area contributed by atoms with Gasteiger partial charge < -0.3 is 0 Å². The van der Waals surface area contributed by atoms with Crippen molar-refractivity contribution < 1.29 is 26.3 Å². The zero-order valence-corrected chi connectivity index (χ0v) is 20.4. The number of nitrogens with zero attached hydrogens (tertiary/aromatic N) is 3. The Bertz CT molecular complexity index is 1390.